The standard InChI is InChI=1S/C15H20N2O3/c1-2-20-12-5-3-4-11(16)13(12)14(18)17-8-15(19,9-17)10-6-7-10/h3-5,10,19H,2,6-9,16H2,1H3. The van der Waals surface area contributed by atoms with Gasteiger partial charge in [-0.2, -0.15) is 0 Å². The van der Waals surface area contributed by atoms with Gasteiger partial charge < -0.3 is 20.5 Å². The third-order valence-corrected chi connectivity index (χ3v) is 4.13. The summed E-state index contributed by atoms with van der Waals surface area (Å²) in [5.74, 6) is 0.724. The number of ether oxygens (including phenoxy) is 1. The minimum atomic E-state index is -0.676. The molecule has 3 rings (SSSR count). The molecule has 1 saturated carbocycles. The van der Waals surface area contributed by atoms with Crippen molar-refractivity contribution in [2.45, 2.75) is 25.4 Å². The summed E-state index contributed by atoms with van der Waals surface area (Å²) in [4.78, 5) is 14.2. The van der Waals surface area contributed by atoms with Gasteiger partial charge in [0.25, 0.3) is 5.91 Å². The molecular formula is C15H20N2O3. The number of nitrogens with two attached hydrogens (primary N) is 1. The second-order valence-corrected chi connectivity index (χ2v) is 5.69. The van der Waals surface area contributed by atoms with Gasteiger partial charge >= 0.3 is 0 Å². The zero-order chi connectivity index (χ0) is 14.3. The Labute approximate surface area is 118 Å². The Balaban J connectivity index is 1.78. The number of carbonyl (C=O) groups excluding carboxylic acids is 1. The molecule has 0 spiro atoms. The SMILES string of the molecule is CCOc1cccc(N)c1C(=O)N1CC(O)(C2CC2)C1. The van der Waals surface area contributed by atoms with E-state index in [1.54, 1.807) is 23.1 Å². The molecule has 5 heteroatoms. The number of nitrogens with zero attached hydrogens (tertiary/aromatic N) is 1. The smallest absolute Gasteiger partial charge is 0.259 e. The lowest BCUT2D eigenvalue weighted by Crippen LogP contribution is -2.64. The molecule has 0 aromatic heterocycles. The van der Waals surface area contributed by atoms with Crippen molar-refractivity contribution in [1.29, 1.82) is 0 Å². The largest absolute Gasteiger partial charge is 0.493 e. The van der Waals surface area contributed by atoms with E-state index in [0.29, 0.717) is 42.6 Å². The van der Waals surface area contributed by atoms with Crippen LogP contribution in [-0.4, -0.2) is 41.2 Å². The van der Waals surface area contributed by atoms with Gasteiger partial charge in [0, 0.05) is 5.69 Å². The monoisotopic (exact) mass is 276 g/mol. The van der Waals surface area contributed by atoms with Crippen molar-refractivity contribution < 1.29 is 14.6 Å². The molecule has 5 nitrogen and oxygen atoms in total. The van der Waals surface area contributed by atoms with Crippen LogP contribution in [0.5, 0.6) is 5.75 Å². The first-order valence-corrected chi connectivity index (χ1v) is 7.08. The summed E-state index contributed by atoms with van der Waals surface area (Å²) in [5.41, 5.74) is 6.07. The number of amides is 1. The van der Waals surface area contributed by atoms with Crippen LogP contribution < -0.4 is 10.5 Å². The fourth-order valence-electron chi connectivity index (χ4n) is 2.85. The Kier molecular flexibility index (Phi) is 3.09. The normalized spacial score (nSPS) is 20.4. The van der Waals surface area contributed by atoms with Crippen LogP contribution in [0.2, 0.25) is 0 Å². The number of benzene rings is 1. The number of likely N-dealkylation sites (tertiary alicyclic amines) is 1. The number of rotatable bonds is 4. The Morgan fingerprint density at radius 3 is 2.80 bits per heavy atom. The molecule has 0 atom stereocenters. The van der Waals surface area contributed by atoms with Gasteiger partial charge in [-0.15, -0.1) is 0 Å². The van der Waals surface area contributed by atoms with Crippen molar-refractivity contribution in [3.63, 3.8) is 0 Å². The summed E-state index contributed by atoms with van der Waals surface area (Å²) in [6.45, 7) is 3.15. The molecule has 1 amide bonds. The molecule has 1 saturated heterocycles. The summed E-state index contributed by atoms with van der Waals surface area (Å²) in [5, 5.41) is 10.3. The summed E-state index contributed by atoms with van der Waals surface area (Å²) in [6, 6.07) is 5.22. The fraction of sp³-hybridized carbons (Fsp3) is 0.533. The van der Waals surface area contributed by atoms with Gasteiger partial charge in [0.15, 0.2) is 0 Å². The first-order valence-electron chi connectivity index (χ1n) is 7.08. The van der Waals surface area contributed by atoms with Gasteiger partial charge in [0.05, 0.1) is 19.7 Å². The quantitative estimate of drug-likeness (QED) is 0.812. The third-order valence-electron chi connectivity index (χ3n) is 4.13. The summed E-state index contributed by atoms with van der Waals surface area (Å²) < 4.78 is 5.48. The predicted octanol–water partition coefficient (Wildman–Crippen LogP) is 1.26. The summed E-state index contributed by atoms with van der Waals surface area (Å²) in [7, 11) is 0. The average molecular weight is 276 g/mol. The first kappa shape index (κ1) is 13.2. The molecule has 3 N–H and O–H groups in total. The number of nitrogen functional groups attached to an aromatic ring is 1. The Morgan fingerprint density at radius 1 is 1.50 bits per heavy atom. The van der Waals surface area contributed by atoms with Gasteiger partial charge in [0.2, 0.25) is 0 Å². The van der Waals surface area contributed by atoms with Gasteiger partial charge in [-0.05, 0) is 37.8 Å². The second-order valence-electron chi connectivity index (χ2n) is 5.69. The zero-order valence-electron chi connectivity index (χ0n) is 11.6. The minimum absolute atomic E-state index is 0.156. The fourth-order valence-corrected chi connectivity index (χ4v) is 2.85. The summed E-state index contributed by atoms with van der Waals surface area (Å²) >= 11 is 0. The first-order chi connectivity index (χ1) is 9.55. The Hall–Kier alpha value is -1.75. The topological polar surface area (TPSA) is 75.8 Å². The molecule has 0 radical (unpaired) electrons. The van der Waals surface area contributed by atoms with E-state index < -0.39 is 5.60 Å². The van der Waals surface area contributed by atoms with E-state index in [-0.39, 0.29) is 5.91 Å². The molecule has 1 aromatic rings. The molecule has 2 fully saturated rings. The lowest BCUT2D eigenvalue weighted by Gasteiger charge is -2.47. The minimum Gasteiger partial charge on any atom is -0.493 e. The second kappa shape index (κ2) is 4.66. The van der Waals surface area contributed by atoms with Crippen LogP contribution in [0.4, 0.5) is 5.69 Å². The van der Waals surface area contributed by atoms with Crippen LogP contribution in [0.3, 0.4) is 0 Å². The van der Waals surface area contributed by atoms with Gasteiger partial charge in [0.1, 0.15) is 16.9 Å². The van der Waals surface area contributed by atoms with Crippen LogP contribution in [0.15, 0.2) is 18.2 Å². The number of β-amino-alcohol motifs (C(OH)–C–C–N with tert-alkyl or cyclic N) is 1. The maximum Gasteiger partial charge on any atom is 0.259 e. The van der Waals surface area contributed by atoms with E-state index in [1.165, 1.54) is 0 Å². The van der Waals surface area contributed by atoms with Gasteiger partial charge in [-0.1, -0.05) is 6.07 Å². The lowest BCUT2D eigenvalue weighted by atomic mass is 9.88. The van der Waals surface area contributed by atoms with Crippen molar-refractivity contribution in [2.24, 2.45) is 5.92 Å². The third kappa shape index (κ3) is 2.12. The number of carbonyl (C=O) groups is 1. The number of anilines is 1. The lowest BCUT2D eigenvalue weighted by molar-refractivity contribution is -0.0958. The predicted molar refractivity (Wildman–Crippen MR) is 75.6 cm³/mol. The average Bonchev–Trinajstić information content (AvgIpc) is 3.19. The highest BCUT2D eigenvalue weighted by Gasteiger charge is 2.53. The van der Waals surface area contributed by atoms with E-state index in [1.807, 2.05) is 6.92 Å². The van der Waals surface area contributed by atoms with E-state index in [9.17, 15) is 9.90 Å². The Bertz CT molecular complexity index is 534. The van der Waals surface area contributed by atoms with Gasteiger partial charge in [-0.3, -0.25) is 4.79 Å². The van der Waals surface area contributed by atoms with Crippen molar-refractivity contribution in [1.82, 2.24) is 4.90 Å². The maximum absolute atomic E-state index is 12.5. The number of aliphatic hydroxyl groups is 1. The van der Waals surface area contributed by atoms with E-state index in [2.05, 4.69) is 0 Å². The highest BCUT2D eigenvalue weighted by Crippen LogP contribution is 2.45. The molecule has 1 aromatic carbocycles. The van der Waals surface area contributed by atoms with Crippen molar-refractivity contribution >= 4 is 11.6 Å². The van der Waals surface area contributed by atoms with E-state index in [0.717, 1.165) is 12.8 Å². The van der Waals surface area contributed by atoms with E-state index >= 15 is 0 Å². The molecule has 20 heavy (non-hydrogen) atoms. The van der Waals surface area contributed by atoms with Crippen LogP contribution in [0.25, 0.3) is 0 Å². The molecule has 1 heterocycles. The van der Waals surface area contributed by atoms with Crippen LogP contribution in [-0.2, 0) is 0 Å². The molecule has 1 aliphatic heterocycles. The molecule has 1 aliphatic carbocycles. The highest BCUT2D eigenvalue weighted by atomic mass is 16.5. The van der Waals surface area contributed by atoms with Crippen molar-refractivity contribution in [3.8, 4) is 5.75 Å². The molecular weight excluding hydrogens is 256 g/mol. The molecule has 0 bridgehead atoms. The van der Waals surface area contributed by atoms with Gasteiger partial charge in [-0.25, -0.2) is 0 Å². The van der Waals surface area contributed by atoms with Crippen LogP contribution >= 0.6 is 0 Å². The number of hydrogen-bond acceptors (Lipinski definition) is 4. The maximum atomic E-state index is 12.5. The van der Waals surface area contributed by atoms with Crippen molar-refractivity contribution in [2.75, 3.05) is 25.4 Å². The molecule has 0 unspecified atom stereocenters. The van der Waals surface area contributed by atoms with Crippen molar-refractivity contribution in [3.05, 3.63) is 23.8 Å². The summed E-state index contributed by atoms with van der Waals surface area (Å²) in [6.07, 6.45) is 2.13. The Morgan fingerprint density at radius 2 is 2.20 bits per heavy atom. The van der Waals surface area contributed by atoms with Crippen LogP contribution in [0.1, 0.15) is 30.1 Å². The molecule has 108 valence electrons. The highest BCUT2D eigenvalue weighted by molar-refractivity contribution is 6.02. The molecule has 2 aliphatic rings. The number of hydrogen-bond donors (Lipinski definition) is 2. The van der Waals surface area contributed by atoms with E-state index in [4.69, 9.17) is 10.5 Å². The van der Waals surface area contributed by atoms with Crippen LogP contribution in [0, 0.1) is 5.92 Å². The zero-order valence-corrected chi connectivity index (χ0v) is 11.6.